The Hall–Kier alpha value is -1.69. The average Bonchev–Trinajstić information content (AvgIpc) is 2.47. The molecular formula is C15H24N3O4P. The van der Waals surface area contributed by atoms with Gasteiger partial charge in [-0.2, -0.15) is 4.76 Å². The van der Waals surface area contributed by atoms with Gasteiger partial charge in [-0.25, -0.2) is 5.09 Å². The number of nitrogens with zero attached hydrogens (tertiary/aromatic N) is 1. The lowest BCUT2D eigenvalue weighted by atomic mass is 10.2. The van der Waals surface area contributed by atoms with E-state index in [-0.39, 0.29) is 18.3 Å². The highest BCUT2D eigenvalue weighted by molar-refractivity contribution is 7.60. The van der Waals surface area contributed by atoms with E-state index in [0.29, 0.717) is 5.56 Å². The molecule has 1 rings (SSSR count). The smallest absolute Gasteiger partial charge is 0.323 e. The van der Waals surface area contributed by atoms with Crippen molar-refractivity contribution in [3.63, 3.8) is 0 Å². The molecule has 0 aromatic heterocycles. The third kappa shape index (κ3) is 6.52. The molecular weight excluding hydrogens is 317 g/mol. The normalized spacial score (nSPS) is 16.0. The first kappa shape index (κ1) is 19.4. The molecule has 0 radical (unpaired) electrons. The Bertz CT molecular complexity index is 590. The fourth-order valence-electron chi connectivity index (χ4n) is 1.80. The Labute approximate surface area is 136 Å². The number of ether oxygens (including phenoxy) is 2. The van der Waals surface area contributed by atoms with Crippen molar-refractivity contribution in [2.75, 3.05) is 13.5 Å². The summed E-state index contributed by atoms with van der Waals surface area (Å²) in [6, 6.07) is 8.15. The quantitative estimate of drug-likeness (QED) is 0.325. The predicted octanol–water partition coefficient (Wildman–Crippen LogP) is 2.12. The highest BCUT2D eigenvalue weighted by Gasteiger charge is 2.28. The second kappa shape index (κ2) is 8.82. The molecule has 0 fully saturated rings. The first-order chi connectivity index (χ1) is 10.8. The van der Waals surface area contributed by atoms with Crippen molar-refractivity contribution in [2.24, 2.45) is 10.5 Å². The van der Waals surface area contributed by atoms with Crippen LogP contribution in [0.1, 0.15) is 26.3 Å². The van der Waals surface area contributed by atoms with Gasteiger partial charge < -0.3 is 15.2 Å². The molecule has 0 bridgehead atoms. The van der Waals surface area contributed by atoms with E-state index in [0.717, 1.165) is 0 Å². The molecule has 0 heterocycles. The van der Waals surface area contributed by atoms with Crippen LogP contribution in [-0.2, 0) is 18.8 Å². The van der Waals surface area contributed by atoms with E-state index in [1.54, 1.807) is 45.0 Å². The summed E-state index contributed by atoms with van der Waals surface area (Å²) in [5.74, 6) is -0.396. The van der Waals surface area contributed by atoms with Gasteiger partial charge in [0.25, 0.3) is 7.44 Å². The highest BCUT2D eigenvalue weighted by atomic mass is 31.2. The van der Waals surface area contributed by atoms with E-state index in [1.807, 2.05) is 6.07 Å². The van der Waals surface area contributed by atoms with Crippen molar-refractivity contribution >= 4 is 19.2 Å². The summed E-state index contributed by atoms with van der Waals surface area (Å²) in [5.41, 5.74) is 6.55. The third-order valence-electron chi connectivity index (χ3n) is 2.74. The van der Waals surface area contributed by atoms with Crippen molar-refractivity contribution in [1.29, 1.82) is 0 Å². The minimum atomic E-state index is -3.40. The first-order valence-corrected chi connectivity index (χ1v) is 9.09. The molecule has 1 unspecified atom stereocenters. The molecule has 0 aliphatic rings. The van der Waals surface area contributed by atoms with Crippen LogP contribution >= 0.6 is 7.44 Å². The zero-order valence-electron chi connectivity index (χ0n) is 13.9. The summed E-state index contributed by atoms with van der Waals surface area (Å²) in [6.07, 6.45) is -0.439. The second-order valence-electron chi connectivity index (χ2n) is 5.31. The van der Waals surface area contributed by atoms with Gasteiger partial charge in [0.15, 0.2) is 0 Å². The molecule has 1 aromatic carbocycles. The molecule has 2 atom stereocenters. The number of amidine groups is 1. The minimum Gasteiger partial charge on any atom is -0.462 e. The largest absolute Gasteiger partial charge is 0.462 e. The standard InChI is InChI=1S/C15H24N3O4P/c1-11(2)22-15(19)12(3)17-23(20,10-21-4)18-14(16)13-8-6-5-7-9-13/h5-9,11-12H,10H2,1-4H3,(H3,16,17,18,20)/t12-,23?/m0/s1. The van der Waals surface area contributed by atoms with Crippen LogP contribution in [0.25, 0.3) is 0 Å². The number of nitrogens with two attached hydrogens (primary N) is 1. The maximum absolute atomic E-state index is 12.9. The van der Waals surface area contributed by atoms with Gasteiger partial charge in [0, 0.05) is 12.7 Å². The molecule has 0 amide bonds. The maximum Gasteiger partial charge on any atom is 0.323 e. The molecule has 23 heavy (non-hydrogen) atoms. The first-order valence-electron chi connectivity index (χ1n) is 7.25. The second-order valence-corrected chi connectivity index (χ2v) is 7.43. The summed E-state index contributed by atoms with van der Waals surface area (Å²) in [6.45, 7) is 5.04. The lowest BCUT2D eigenvalue weighted by Gasteiger charge is -2.20. The van der Waals surface area contributed by atoms with Gasteiger partial charge in [0.05, 0.1) is 6.10 Å². The van der Waals surface area contributed by atoms with Crippen LogP contribution in [0.15, 0.2) is 35.1 Å². The molecule has 0 saturated carbocycles. The van der Waals surface area contributed by atoms with Gasteiger partial charge in [0.2, 0.25) is 0 Å². The van der Waals surface area contributed by atoms with Crippen molar-refractivity contribution < 1.29 is 18.8 Å². The molecule has 3 N–H and O–H groups in total. The molecule has 7 nitrogen and oxygen atoms in total. The van der Waals surface area contributed by atoms with Crippen molar-refractivity contribution in [3.8, 4) is 0 Å². The molecule has 0 aliphatic heterocycles. The van der Waals surface area contributed by atoms with Crippen molar-refractivity contribution in [3.05, 3.63) is 35.9 Å². The fourth-order valence-corrected chi connectivity index (χ4v) is 3.51. The van der Waals surface area contributed by atoms with Gasteiger partial charge in [0.1, 0.15) is 18.2 Å². The van der Waals surface area contributed by atoms with E-state index >= 15 is 0 Å². The average molecular weight is 341 g/mol. The number of methoxy groups -OCH3 is 1. The summed E-state index contributed by atoms with van der Waals surface area (Å²) >= 11 is 0. The van der Waals surface area contributed by atoms with E-state index in [9.17, 15) is 9.36 Å². The van der Waals surface area contributed by atoms with Crippen LogP contribution in [0.2, 0.25) is 0 Å². The molecule has 8 heteroatoms. The highest BCUT2D eigenvalue weighted by Crippen LogP contribution is 2.43. The van der Waals surface area contributed by atoms with Crippen molar-refractivity contribution in [1.82, 2.24) is 5.09 Å². The number of rotatable bonds is 8. The molecule has 0 aliphatic carbocycles. The summed E-state index contributed by atoms with van der Waals surface area (Å²) in [5, 5.41) is 2.69. The zero-order chi connectivity index (χ0) is 17.5. The molecule has 0 spiro atoms. The topological polar surface area (TPSA) is 103 Å². The summed E-state index contributed by atoms with van der Waals surface area (Å²) < 4.78 is 27.0. The SMILES string of the molecule is COCP(=O)(N=C(N)c1ccccc1)N[C@@H](C)C(=O)OC(C)C. The number of esters is 1. The maximum atomic E-state index is 12.9. The number of nitrogens with one attached hydrogen (secondary N) is 1. The van der Waals surface area contributed by atoms with Crippen LogP contribution in [0.5, 0.6) is 0 Å². The molecule has 1 aromatic rings. The number of hydrogen-bond donors (Lipinski definition) is 2. The molecule has 0 saturated heterocycles. The predicted molar refractivity (Wildman–Crippen MR) is 90.5 cm³/mol. The third-order valence-corrected chi connectivity index (χ3v) is 4.68. The van der Waals surface area contributed by atoms with Crippen LogP contribution in [0, 0.1) is 0 Å². The summed E-state index contributed by atoms with van der Waals surface area (Å²) in [4.78, 5) is 11.9. The Balaban J connectivity index is 2.94. The Morgan fingerprint density at radius 2 is 1.91 bits per heavy atom. The lowest BCUT2D eigenvalue weighted by Crippen LogP contribution is -2.35. The van der Waals surface area contributed by atoms with Gasteiger partial charge in [-0.1, -0.05) is 30.3 Å². The van der Waals surface area contributed by atoms with E-state index in [2.05, 4.69) is 9.85 Å². The zero-order valence-corrected chi connectivity index (χ0v) is 14.7. The van der Waals surface area contributed by atoms with E-state index < -0.39 is 19.5 Å². The number of carbonyl (C=O) groups is 1. The van der Waals surface area contributed by atoms with Crippen LogP contribution < -0.4 is 10.8 Å². The van der Waals surface area contributed by atoms with Gasteiger partial charge in [-0.15, -0.1) is 0 Å². The lowest BCUT2D eigenvalue weighted by molar-refractivity contribution is -0.148. The Kier molecular flexibility index (Phi) is 7.42. The number of hydrogen-bond acceptors (Lipinski definition) is 4. The van der Waals surface area contributed by atoms with Gasteiger partial charge >= 0.3 is 5.97 Å². The number of benzene rings is 1. The van der Waals surface area contributed by atoms with Gasteiger partial charge in [-0.3, -0.25) is 9.36 Å². The van der Waals surface area contributed by atoms with Crippen LogP contribution in [0.3, 0.4) is 0 Å². The van der Waals surface area contributed by atoms with E-state index in [4.69, 9.17) is 15.2 Å². The fraction of sp³-hybridized carbons (Fsp3) is 0.467. The van der Waals surface area contributed by atoms with E-state index in [1.165, 1.54) is 7.11 Å². The van der Waals surface area contributed by atoms with Gasteiger partial charge in [-0.05, 0) is 20.8 Å². The van der Waals surface area contributed by atoms with Crippen molar-refractivity contribution in [2.45, 2.75) is 32.9 Å². The van der Waals surface area contributed by atoms with Crippen LogP contribution in [-0.4, -0.2) is 37.4 Å². The molecule has 128 valence electrons. The summed E-state index contributed by atoms with van der Waals surface area (Å²) in [7, 11) is -2.00. The Morgan fingerprint density at radius 1 is 1.30 bits per heavy atom. The Morgan fingerprint density at radius 3 is 2.43 bits per heavy atom. The minimum absolute atomic E-state index is 0.114. The van der Waals surface area contributed by atoms with Crippen LogP contribution in [0.4, 0.5) is 0 Å². The monoisotopic (exact) mass is 341 g/mol. The number of carbonyl (C=O) groups excluding carboxylic acids is 1.